The summed E-state index contributed by atoms with van der Waals surface area (Å²) in [5.41, 5.74) is 2.79. The average molecular weight is 382 g/mol. The number of thiazole rings is 1. The van der Waals surface area contributed by atoms with Gasteiger partial charge in [-0.1, -0.05) is 18.2 Å². The Morgan fingerprint density at radius 2 is 2.04 bits per heavy atom. The number of para-hydroxylation sites is 1. The Hall–Kier alpha value is -2.38. The Morgan fingerprint density at radius 3 is 2.93 bits per heavy atom. The van der Waals surface area contributed by atoms with Crippen molar-refractivity contribution in [2.45, 2.75) is 25.9 Å². The van der Waals surface area contributed by atoms with Crippen LogP contribution in [0.25, 0.3) is 4.96 Å². The van der Waals surface area contributed by atoms with Gasteiger partial charge in [0, 0.05) is 49.9 Å². The zero-order valence-corrected chi connectivity index (χ0v) is 16.0. The molecule has 3 aromatic rings. The molecule has 2 aliphatic rings. The highest BCUT2D eigenvalue weighted by molar-refractivity contribution is 7.15. The SMILES string of the molecule is O=C(c1nc2sccn2c1CN1CCOc2ccccc2C1)N1CCCC1. The lowest BCUT2D eigenvalue weighted by Crippen LogP contribution is -2.31. The molecule has 0 radical (unpaired) electrons. The van der Waals surface area contributed by atoms with Crippen LogP contribution in [0.4, 0.5) is 0 Å². The van der Waals surface area contributed by atoms with Crippen molar-refractivity contribution in [3.05, 3.63) is 52.8 Å². The van der Waals surface area contributed by atoms with Crippen LogP contribution in [0.1, 0.15) is 34.6 Å². The highest BCUT2D eigenvalue weighted by atomic mass is 32.1. The smallest absolute Gasteiger partial charge is 0.274 e. The molecular formula is C20H22N4O2S. The molecule has 0 unspecified atom stereocenters. The third kappa shape index (κ3) is 3.11. The highest BCUT2D eigenvalue weighted by Gasteiger charge is 2.28. The third-order valence-corrected chi connectivity index (χ3v) is 6.12. The lowest BCUT2D eigenvalue weighted by molar-refractivity contribution is 0.0785. The van der Waals surface area contributed by atoms with Crippen LogP contribution in [0.2, 0.25) is 0 Å². The van der Waals surface area contributed by atoms with E-state index in [1.807, 2.05) is 34.7 Å². The Kier molecular flexibility index (Phi) is 4.33. The minimum Gasteiger partial charge on any atom is -0.492 e. The minimum atomic E-state index is 0.0740. The molecule has 2 aliphatic heterocycles. The van der Waals surface area contributed by atoms with Crippen LogP contribution in [0, 0.1) is 0 Å². The van der Waals surface area contributed by atoms with Crippen molar-refractivity contribution < 1.29 is 9.53 Å². The Morgan fingerprint density at radius 1 is 1.19 bits per heavy atom. The van der Waals surface area contributed by atoms with Crippen LogP contribution in [0.3, 0.4) is 0 Å². The maximum Gasteiger partial charge on any atom is 0.274 e. The van der Waals surface area contributed by atoms with Gasteiger partial charge in [-0.15, -0.1) is 11.3 Å². The van der Waals surface area contributed by atoms with E-state index in [1.54, 1.807) is 11.3 Å². The van der Waals surface area contributed by atoms with Crippen LogP contribution in [0.15, 0.2) is 35.8 Å². The van der Waals surface area contributed by atoms with Crippen LogP contribution in [-0.4, -0.2) is 51.3 Å². The fourth-order valence-electron chi connectivity index (χ4n) is 3.95. The molecule has 1 saturated heterocycles. The molecule has 1 amide bonds. The van der Waals surface area contributed by atoms with Crippen LogP contribution < -0.4 is 4.74 Å². The number of hydrogen-bond donors (Lipinski definition) is 0. The van der Waals surface area contributed by atoms with Gasteiger partial charge in [0.1, 0.15) is 12.4 Å². The zero-order chi connectivity index (χ0) is 18.2. The second-order valence-electron chi connectivity index (χ2n) is 7.13. The molecule has 4 heterocycles. The standard InChI is InChI=1S/C20H22N4O2S/c25-19(23-7-3-4-8-23)18-16(24-10-12-27-20(24)21-18)14-22-9-11-26-17-6-2-1-5-15(17)13-22/h1-2,5-6,10,12H,3-4,7-9,11,13-14H2. The molecule has 140 valence electrons. The molecule has 2 aromatic heterocycles. The Balaban J connectivity index is 1.46. The molecule has 6 nitrogen and oxygen atoms in total. The van der Waals surface area contributed by atoms with Crippen molar-refractivity contribution in [3.8, 4) is 5.75 Å². The van der Waals surface area contributed by atoms with Crippen LogP contribution in [-0.2, 0) is 13.1 Å². The second kappa shape index (κ2) is 6.98. The van der Waals surface area contributed by atoms with Gasteiger partial charge >= 0.3 is 0 Å². The van der Waals surface area contributed by atoms with E-state index in [4.69, 9.17) is 4.74 Å². The summed E-state index contributed by atoms with van der Waals surface area (Å²) in [7, 11) is 0. The maximum atomic E-state index is 13.1. The van der Waals surface area contributed by atoms with E-state index >= 15 is 0 Å². The van der Waals surface area contributed by atoms with E-state index in [-0.39, 0.29) is 5.91 Å². The first-order chi connectivity index (χ1) is 13.3. The molecule has 0 bridgehead atoms. The molecule has 0 aliphatic carbocycles. The first kappa shape index (κ1) is 16.8. The molecule has 0 spiro atoms. The molecule has 1 aromatic carbocycles. The molecule has 27 heavy (non-hydrogen) atoms. The fourth-order valence-corrected chi connectivity index (χ4v) is 4.68. The Labute approximate surface area is 162 Å². The molecule has 1 fully saturated rings. The van der Waals surface area contributed by atoms with Gasteiger partial charge in [-0.2, -0.15) is 0 Å². The van der Waals surface area contributed by atoms with Crippen molar-refractivity contribution in [3.63, 3.8) is 0 Å². The van der Waals surface area contributed by atoms with Crippen molar-refractivity contribution >= 4 is 22.2 Å². The largest absolute Gasteiger partial charge is 0.492 e. The van der Waals surface area contributed by atoms with E-state index in [0.29, 0.717) is 18.8 Å². The summed E-state index contributed by atoms with van der Waals surface area (Å²) in [6.07, 6.45) is 4.19. The fraction of sp³-hybridized carbons (Fsp3) is 0.400. The van der Waals surface area contributed by atoms with Gasteiger partial charge in [-0.05, 0) is 18.9 Å². The average Bonchev–Trinajstić information content (AvgIpc) is 3.38. The number of hydrogen-bond acceptors (Lipinski definition) is 5. The monoisotopic (exact) mass is 382 g/mol. The van der Waals surface area contributed by atoms with Crippen molar-refractivity contribution in [1.29, 1.82) is 0 Å². The number of ether oxygens (including phenoxy) is 1. The topological polar surface area (TPSA) is 50.1 Å². The van der Waals surface area contributed by atoms with E-state index < -0.39 is 0 Å². The number of nitrogens with zero attached hydrogens (tertiary/aromatic N) is 4. The molecule has 0 atom stereocenters. The van der Waals surface area contributed by atoms with Gasteiger partial charge in [-0.3, -0.25) is 14.1 Å². The van der Waals surface area contributed by atoms with E-state index in [1.165, 1.54) is 5.56 Å². The molecular weight excluding hydrogens is 360 g/mol. The van der Waals surface area contributed by atoms with Gasteiger partial charge in [0.25, 0.3) is 5.91 Å². The van der Waals surface area contributed by atoms with Gasteiger partial charge in [0.05, 0.1) is 5.69 Å². The summed E-state index contributed by atoms with van der Waals surface area (Å²) >= 11 is 1.57. The first-order valence-electron chi connectivity index (χ1n) is 9.46. The summed E-state index contributed by atoms with van der Waals surface area (Å²) in [4.78, 5) is 22.9. The van der Waals surface area contributed by atoms with E-state index in [2.05, 4.69) is 20.4 Å². The number of imidazole rings is 1. The second-order valence-corrected chi connectivity index (χ2v) is 8.00. The molecule has 0 saturated carbocycles. The van der Waals surface area contributed by atoms with Crippen molar-refractivity contribution in [1.82, 2.24) is 19.2 Å². The third-order valence-electron chi connectivity index (χ3n) is 5.36. The van der Waals surface area contributed by atoms with Gasteiger partial charge < -0.3 is 9.64 Å². The lowest BCUT2D eigenvalue weighted by atomic mass is 10.2. The van der Waals surface area contributed by atoms with Crippen LogP contribution in [0.5, 0.6) is 5.75 Å². The highest BCUT2D eigenvalue weighted by Crippen LogP contribution is 2.26. The summed E-state index contributed by atoms with van der Waals surface area (Å²) in [6.45, 7) is 4.65. The predicted octanol–water partition coefficient (Wildman–Crippen LogP) is 3.03. The van der Waals surface area contributed by atoms with E-state index in [0.717, 1.165) is 55.4 Å². The normalized spacial score (nSPS) is 17.7. The molecule has 0 N–H and O–H groups in total. The number of amides is 1. The zero-order valence-electron chi connectivity index (χ0n) is 15.1. The number of aromatic nitrogens is 2. The van der Waals surface area contributed by atoms with Gasteiger partial charge in [0.2, 0.25) is 0 Å². The number of likely N-dealkylation sites (tertiary alicyclic amines) is 1. The molecule has 7 heteroatoms. The Bertz CT molecular complexity index is 973. The van der Waals surface area contributed by atoms with Crippen molar-refractivity contribution in [2.75, 3.05) is 26.2 Å². The number of fused-ring (bicyclic) bond motifs is 2. The maximum absolute atomic E-state index is 13.1. The summed E-state index contributed by atoms with van der Waals surface area (Å²) in [5, 5.41) is 2.02. The summed E-state index contributed by atoms with van der Waals surface area (Å²) in [5.74, 6) is 1.03. The van der Waals surface area contributed by atoms with E-state index in [9.17, 15) is 4.79 Å². The molecule has 5 rings (SSSR count). The van der Waals surface area contributed by atoms with Gasteiger partial charge in [0.15, 0.2) is 10.7 Å². The number of carbonyl (C=O) groups is 1. The minimum absolute atomic E-state index is 0.0740. The predicted molar refractivity (Wildman–Crippen MR) is 104 cm³/mol. The lowest BCUT2D eigenvalue weighted by Gasteiger charge is -2.20. The summed E-state index contributed by atoms with van der Waals surface area (Å²) < 4.78 is 7.97. The first-order valence-corrected chi connectivity index (χ1v) is 10.3. The van der Waals surface area contributed by atoms with Crippen LogP contribution >= 0.6 is 11.3 Å². The summed E-state index contributed by atoms with van der Waals surface area (Å²) in [6, 6.07) is 8.19. The number of carbonyl (C=O) groups excluding carboxylic acids is 1. The quantitative estimate of drug-likeness (QED) is 0.699. The number of benzene rings is 1. The van der Waals surface area contributed by atoms with Crippen molar-refractivity contribution in [2.24, 2.45) is 0 Å². The van der Waals surface area contributed by atoms with Gasteiger partial charge in [-0.25, -0.2) is 4.98 Å². The number of rotatable bonds is 3.